The van der Waals surface area contributed by atoms with Crippen molar-refractivity contribution in [3.63, 3.8) is 0 Å². The molecule has 90 valence electrons. The maximum atomic E-state index is 4.46. The lowest BCUT2D eigenvalue weighted by molar-refractivity contribution is 0.755. The molecular weight excluding hydrogens is 200 g/mol. The number of nitrogens with zero attached hydrogens (tertiary/aromatic N) is 2. The predicted molar refractivity (Wildman–Crippen MR) is 68.9 cm³/mol. The smallest absolute Gasteiger partial charge is 0.132 e. The van der Waals surface area contributed by atoms with E-state index in [2.05, 4.69) is 48.3 Å². The van der Waals surface area contributed by atoms with Crippen molar-refractivity contribution in [2.24, 2.45) is 0 Å². The van der Waals surface area contributed by atoms with E-state index in [9.17, 15) is 0 Å². The van der Waals surface area contributed by atoms with Gasteiger partial charge >= 0.3 is 0 Å². The first-order chi connectivity index (χ1) is 7.69. The van der Waals surface area contributed by atoms with Crippen molar-refractivity contribution >= 4 is 11.6 Å². The molecule has 4 heteroatoms. The average Bonchev–Trinajstić information content (AvgIpc) is 2.29. The third-order valence-electron chi connectivity index (χ3n) is 2.45. The van der Waals surface area contributed by atoms with Gasteiger partial charge in [0.05, 0.1) is 0 Å². The normalized spacial score (nSPS) is 12.2. The van der Waals surface area contributed by atoms with Gasteiger partial charge < -0.3 is 10.6 Å². The van der Waals surface area contributed by atoms with Gasteiger partial charge in [-0.15, -0.1) is 0 Å². The summed E-state index contributed by atoms with van der Waals surface area (Å²) >= 11 is 0. The molecule has 2 N–H and O–H groups in total. The third-order valence-corrected chi connectivity index (χ3v) is 2.45. The van der Waals surface area contributed by atoms with Gasteiger partial charge in [-0.3, -0.25) is 0 Å². The van der Waals surface area contributed by atoms with Gasteiger partial charge in [-0.25, -0.2) is 9.97 Å². The Bertz CT molecular complexity index is 325. The minimum absolute atomic E-state index is 0.439. The number of hydrogen-bond donors (Lipinski definition) is 2. The second-order valence-electron chi connectivity index (χ2n) is 3.89. The van der Waals surface area contributed by atoms with Crippen molar-refractivity contribution < 1.29 is 0 Å². The van der Waals surface area contributed by atoms with Crippen molar-refractivity contribution in [2.45, 2.75) is 46.6 Å². The van der Waals surface area contributed by atoms with Gasteiger partial charge in [-0.1, -0.05) is 13.8 Å². The van der Waals surface area contributed by atoms with E-state index in [-0.39, 0.29) is 0 Å². The number of anilines is 2. The molecule has 0 radical (unpaired) electrons. The summed E-state index contributed by atoms with van der Waals surface area (Å²) in [6.07, 6.45) is 1.94. The zero-order valence-electron chi connectivity index (χ0n) is 10.7. The van der Waals surface area contributed by atoms with Crippen LogP contribution in [0, 0.1) is 0 Å². The molecule has 0 amide bonds. The fraction of sp³-hybridized carbons (Fsp3) is 0.667. The maximum absolute atomic E-state index is 4.46. The molecule has 0 bridgehead atoms. The number of nitrogens with one attached hydrogen (secondary N) is 2. The first-order valence-corrected chi connectivity index (χ1v) is 6.07. The van der Waals surface area contributed by atoms with Crippen molar-refractivity contribution in [1.29, 1.82) is 0 Å². The molecule has 4 nitrogen and oxygen atoms in total. The number of rotatable bonds is 6. The van der Waals surface area contributed by atoms with Crippen LogP contribution in [0.25, 0.3) is 0 Å². The first kappa shape index (κ1) is 12.7. The lowest BCUT2D eigenvalue weighted by Gasteiger charge is -2.14. The zero-order chi connectivity index (χ0) is 12.0. The minimum Gasteiger partial charge on any atom is -0.370 e. The van der Waals surface area contributed by atoms with Crippen LogP contribution >= 0.6 is 0 Å². The molecular formula is C12H22N4. The molecule has 1 aromatic rings. The van der Waals surface area contributed by atoms with Gasteiger partial charge in [0, 0.05) is 25.1 Å². The molecule has 0 aliphatic heterocycles. The Balaban J connectivity index is 2.85. The van der Waals surface area contributed by atoms with E-state index in [4.69, 9.17) is 0 Å². The van der Waals surface area contributed by atoms with Crippen LogP contribution in [0.2, 0.25) is 0 Å². The highest BCUT2D eigenvalue weighted by Crippen LogP contribution is 2.13. The maximum Gasteiger partial charge on any atom is 0.132 e. The van der Waals surface area contributed by atoms with Crippen LogP contribution in [-0.4, -0.2) is 22.6 Å². The summed E-state index contributed by atoms with van der Waals surface area (Å²) in [5, 5.41) is 6.60. The van der Waals surface area contributed by atoms with Crippen LogP contribution in [0.5, 0.6) is 0 Å². The van der Waals surface area contributed by atoms with Crippen molar-refractivity contribution in [3.8, 4) is 0 Å². The van der Waals surface area contributed by atoms with E-state index in [0.717, 1.165) is 36.8 Å². The van der Waals surface area contributed by atoms with E-state index < -0.39 is 0 Å². The van der Waals surface area contributed by atoms with E-state index in [0.29, 0.717) is 6.04 Å². The molecule has 0 spiro atoms. The fourth-order valence-electron chi connectivity index (χ4n) is 1.36. The number of aryl methyl sites for hydroxylation is 1. The van der Waals surface area contributed by atoms with E-state index in [1.54, 1.807) is 0 Å². The van der Waals surface area contributed by atoms with E-state index >= 15 is 0 Å². The summed E-state index contributed by atoms with van der Waals surface area (Å²) in [5.41, 5.74) is 0. The molecule has 1 atom stereocenters. The Kier molecular flexibility index (Phi) is 5.02. The SMILES string of the molecule is CCNc1cc(NC(C)CC)nc(CC)n1. The molecule has 0 fully saturated rings. The highest BCUT2D eigenvalue weighted by Gasteiger charge is 2.05. The second kappa shape index (κ2) is 6.30. The Hall–Kier alpha value is -1.32. The van der Waals surface area contributed by atoms with Crippen LogP contribution in [0.15, 0.2) is 6.07 Å². The Morgan fingerprint density at radius 3 is 2.44 bits per heavy atom. The third kappa shape index (κ3) is 3.68. The van der Waals surface area contributed by atoms with Crippen LogP contribution in [0.3, 0.4) is 0 Å². The van der Waals surface area contributed by atoms with Crippen LogP contribution in [0.4, 0.5) is 11.6 Å². The minimum atomic E-state index is 0.439. The summed E-state index contributed by atoms with van der Waals surface area (Å²) in [7, 11) is 0. The lowest BCUT2D eigenvalue weighted by atomic mass is 10.2. The van der Waals surface area contributed by atoms with Gasteiger partial charge in [0.15, 0.2) is 0 Å². The Morgan fingerprint density at radius 1 is 1.19 bits per heavy atom. The molecule has 0 aliphatic rings. The standard InChI is InChI=1S/C12H22N4/c1-5-9(4)14-12-8-11(13-7-3)15-10(6-2)16-12/h8-9H,5-7H2,1-4H3,(H2,13,14,15,16). The molecule has 0 saturated heterocycles. The predicted octanol–water partition coefficient (Wildman–Crippen LogP) is 2.68. The lowest BCUT2D eigenvalue weighted by Crippen LogP contribution is -2.16. The quantitative estimate of drug-likeness (QED) is 0.777. The van der Waals surface area contributed by atoms with Gasteiger partial charge in [0.25, 0.3) is 0 Å². The molecule has 1 unspecified atom stereocenters. The molecule has 1 aromatic heterocycles. The molecule has 1 heterocycles. The van der Waals surface area contributed by atoms with Gasteiger partial charge in [-0.2, -0.15) is 0 Å². The monoisotopic (exact) mass is 222 g/mol. The highest BCUT2D eigenvalue weighted by atomic mass is 15.1. The summed E-state index contributed by atoms with van der Waals surface area (Å²) in [4.78, 5) is 8.87. The van der Waals surface area contributed by atoms with Crippen molar-refractivity contribution in [2.75, 3.05) is 17.2 Å². The largest absolute Gasteiger partial charge is 0.370 e. The molecule has 1 rings (SSSR count). The van der Waals surface area contributed by atoms with E-state index in [1.165, 1.54) is 0 Å². The van der Waals surface area contributed by atoms with Gasteiger partial charge in [0.1, 0.15) is 17.5 Å². The molecule has 0 saturated carbocycles. The van der Waals surface area contributed by atoms with Crippen LogP contribution in [-0.2, 0) is 6.42 Å². The first-order valence-electron chi connectivity index (χ1n) is 6.07. The van der Waals surface area contributed by atoms with Gasteiger partial charge in [-0.05, 0) is 20.3 Å². The van der Waals surface area contributed by atoms with Gasteiger partial charge in [0.2, 0.25) is 0 Å². The second-order valence-corrected chi connectivity index (χ2v) is 3.89. The summed E-state index contributed by atoms with van der Waals surface area (Å²) < 4.78 is 0. The van der Waals surface area contributed by atoms with Crippen LogP contribution < -0.4 is 10.6 Å². The highest BCUT2D eigenvalue weighted by molar-refractivity contribution is 5.47. The van der Waals surface area contributed by atoms with Crippen molar-refractivity contribution in [3.05, 3.63) is 11.9 Å². The summed E-state index contributed by atoms with van der Waals surface area (Å²) in [6.45, 7) is 9.32. The Labute approximate surface area is 97.9 Å². The fourth-order valence-corrected chi connectivity index (χ4v) is 1.36. The van der Waals surface area contributed by atoms with Crippen LogP contribution in [0.1, 0.15) is 39.9 Å². The average molecular weight is 222 g/mol. The summed E-state index contributed by atoms with van der Waals surface area (Å²) in [5.74, 6) is 2.70. The molecule has 0 aromatic carbocycles. The number of aromatic nitrogens is 2. The zero-order valence-corrected chi connectivity index (χ0v) is 10.7. The topological polar surface area (TPSA) is 49.8 Å². The van der Waals surface area contributed by atoms with Crippen molar-refractivity contribution in [1.82, 2.24) is 9.97 Å². The molecule has 0 aliphatic carbocycles. The van der Waals surface area contributed by atoms with E-state index in [1.807, 2.05) is 6.07 Å². The summed E-state index contributed by atoms with van der Waals surface area (Å²) in [6, 6.07) is 2.41. The number of hydrogen-bond acceptors (Lipinski definition) is 4. The Morgan fingerprint density at radius 2 is 1.88 bits per heavy atom. The molecule has 16 heavy (non-hydrogen) atoms.